The predicted octanol–water partition coefficient (Wildman–Crippen LogP) is 6.00. The number of aromatic nitrogens is 1. The molecule has 4 nitrogen and oxygen atoms in total. The van der Waals surface area contributed by atoms with Gasteiger partial charge in [-0.3, -0.25) is 4.79 Å². The number of anilines is 1. The SMILES string of the molecule is Cc1ccc2oc(-c3cccc(NC(=O)Cc4cccc(C(F)(F)F)c4)c3)nc2c1. The van der Waals surface area contributed by atoms with Crippen molar-refractivity contribution >= 4 is 22.7 Å². The number of hydrogen-bond acceptors (Lipinski definition) is 3. The Balaban J connectivity index is 1.51. The molecule has 1 N–H and O–H groups in total. The monoisotopic (exact) mass is 410 g/mol. The highest BCUT2D eigenvalue weighted by Crippen LogP contribution is 2.30. The van der Waals surface area contributed by atoms with Crippen LogP contribution in [0.4, 0.5) is 18.9 Å². The number of hydrogen-bond donors (Lipinski definition) is 1. The highest BCUT2D eigenvalue weighted by atomic mass is 19.4. The highest BCUT2D eigenvalue weighted by Gasteiger charge is 2.30. The van der Waals surface area contributed by atoms with Gasteiger partial charge in [-0.2, -0.15) is 13.2 Å². The molecule has 152 valence electrons. The minimum absolute atomic E-state index is 0.170. The van der Waals surface area contributed by atoms with Gasteiger partial charge >= 0.3 is 6.18 Å². The summed E-state index contributed by atoms with van der Waals surface area (Å²) >= 11 is 0. The van der Waals surface area contributed by atoms with Crippen LogP contribution in [0.15, 0.2) is 71.1 Å². The molecule has 0 spiro atoms. The summed E-state index contributed by atoms with van der Waals surface area (Å²) in [5.41, 5.74) is 3.16. The number of rotatable bonds is 4. The predicted molar refractivity (Wildman–Crippen MR) is 108 cm³/mol. The summed E-state index contributed by atoms with van der Waals surface area (Å²) in [5, 5.41) is 2.71. The highest BCUT2D eigenvalue weighted by molar-refractivity contribution is 5.93. The quantitative estimate of drug-likeness (QED) is 0.449. The van der Waals surface area contributed by atoms with Crippen molar-refractivity contribution in [2.24, 2.45) is 0 Å². The average Bonchev–Trinajstić information content (AvgIpc) is 3.11. The van der Waals surface area contributed by atoms with E-state index in [1.807, 2.05) is 25.1 Å². The fraction of sp³-hybridized carbons (Fsp3) is 0.130. The van der Waals surface area contributed by atoms with Crippen molar-refractivity contribution in [1.82, 2.24) is 4.98 Å². The number of benzene rings is 3. The molecule has 0 aliphatic heterocycles. The number of amides is 1. The van der Waals surface area contributed by atoms with Crippen LogP contribution in [0, 0.1) is 6.92 Å². The van der Waals surface area contributed by atoms with E-state index >= 15 is 0 Å². The number of nitrogens with zero attached hydrogens (tertiary/aromatic N) is 1. The molecule has 3 aromatic carbocycles. The lowest BCUT2D eigenvalue weighted by molar-refractivity contribution is -0.137. The molecule has 0 aliphatic rings. The van der Waals surface area contributed by atoms with Gasteiger partial charge in [-0.25, -0.2) is 4.98 Å². The lowest BCUT2D eigenvalue weighted by Gasteiger charge is -2.09. The van der Waals surface area contributed by atoms with Crippen LogP contribution in [0.1, 0.15) is 16.7 Å². The van der Waals surface area contributed by atoms with Crippen molar-refractivity contribution in [1.29, 1.82) is 0 Å². The second-order valence-corrected chi connectivity index (χ2v) is 6.99. The first-order valence-corrected chi connectivity index (χ1v) is 9.21. The summed E-state index contributed by atoms with van der Waals surface area (Å²) in [6, 6.07) is 17.4. The van der Waals surface area contributed by atoms with Gasteiger partial charge in [0.1, 0.15) is 5.52 Å². The molecule has 0 fully saturated rings. The van der Waals surface area contributed by atoms with Gasteiger partial charge in [0.05, 0.1) is 12.0 Å². The normalized spacial score (nSPS) is 11.6. The molecule has 4 aromatic rings. The van der Waals surface area contributed by atoms with E-state index in [0.717, 1.165) is 23.2 Å². The summed E-state index contributed by atoms with van der Waals surface area (Å²) in [5.74, 6) is 0.00393. The lowest BCUT2D eigenvalue weighted by Crippen LogP contribution is -2.15. The van der Waals surface area contributed by atoms with Gasteiger partial charge in [0, 0.05) is 11.3 Å². The molecule has 4 rings (SSSR count). The van der Waals surface area contributed by atoms with Crippen LogP contribution in [0.3, 0.4) is 0 Å². The Kier molecular flexibility index (Phi) is 5.03. The van der Waals surface area contributed by atoms with Gasteiger partial charge in [0.2, 0.25) is 11.8 Å². The summed E-state index contributed by atoms with van der Waals surface area (Å²) in [7, 11) is 0. The topological polar surface area (TPSA) is 55.1 Å². The average molecular weight is 410 g/mol. The Bertz CT molecular complexity index is 1230. The van der Waals surface area contributed by atoms with Crippen molar-refractivity contribution in [3.05, 3.63) is 83.4 Å². The van der Waals surface area contributed by atoms with Crippen LogP contribution in [0.25, 0.3) is 22.6 Å². The number of oxazole rings is 1. The Morgan fingerprint density at radius 3 is 2.63 bits per heavy atom. The smallest absolute Gasteiger partial charge is 0.416 e. The van der Waals surface area contributed by atoms with Crippen molar-refractivity contribution in [2.75, 3.05) is 5.32 Å². The molecule has 0 atom stereocenters. The van der Waals surface area contributed by atoms with Crippen LogP contribution in [0.5, 0.6) is 0 Å². The molecule has 0 aliphatic carbocycles. The first kappa shape index (κ1) is 19.7. The maximum Gasteiger partial charge on any atom is 0.416 e. The van der Waals surface area contributed by atoms with E-state index in [-0.39, 0.29) is 12.0 Å². The number of alkyl halides is 3. The zero-order chi connectivity index (χ0) is 21.3. The summed E-state index contributed by atoms with van der Waals surface area (Å²) < 4.78 is 44.3. The summed E-state index contributed by atoms with van der Waals surface area (Å²) in [6.07, 6.45) is -4.62. The van der Waals surface area contributed by atoms with E-state index in [0.29, 0.717) is 22.7 Å². The van der Waals surface area contributed by atoms with Gasteiger partial charge in [-0.15, -0.1) is 0 Å². The van der Waals surface area contributed by atoms with Gasteiger partial charge in [-0.05, 0) is 54.4 Å². The van der Waals surface area contributed by atoms with Gasteiger partial charge in [0.15, 0.2) is 5.58 Å². The molecule has 1 heterocycles. The van der Waals surface area contributed by atoms with E-state index in [4.69, 9.17) is 4.42 Å². The Morgan fingerprint density at radius 1 is 1.03 bits per heavy atom. The molecule has 0 radical (unpaired) electrons. The van der Waals surface area contributed by atoms with Gasteiger partial charge in [-0.1, -0.05) is 30.3 Å². The maximum atomic E-state index is 12.8. The third kappa shape index (κ3) is 4.35. The molecular formula is C23H17F3N2O2. The van der Waals surface area contributed by atoms with Crippen molar-refractivity contribution in [3.63, 3.8) is 0 Å². The van der Waals surface area contributed by atoms with Gasteiger partial charge in [0.25, 0.3) is 0 Å². The van der Waals surface area contributed by atoms with Crippen molar-refractivity contribution in [2.45, 2.75) is 19.5 Å². The first-order chi connectivity index (χ1) is 14.3. The van der Waals surface area contributed by atoms with Crippen LogP contribution < -0.4 is 5.32 Å². The van der Waals surface area contributed by atoms with Crippen LogP contribution in [0.2, 0.25) is 0 Å². The number of nitrogens with one attached hydrogen (secondary N) is 1. The Hall–Kier alpha value is -3.61. The van der Waals surface area contributed by atoms with E-state index in [1.165, 1.54) is 12.1 Å². The number of halogens is 3. The third-order valence-electron chi connectivity index (χ3n) is 4.56. The first-order valence-electron chi connectivity index (χ1n) is 9.21. The molecule has 0 saturated carbocycles. The Labute approximate surface area is 170 Å². The van der Waals surface area contributed by atoms with Crippen LogP contribution in [-0.2, 0) is 17.4 Å². The zero-order valence-electron chi connectivity index (χ0n) is 16.0. The summed E-state index contributed by atoms with van der Waals surface area (Å²) in [6.45, 7) is 1.97. The molecule has 30 heavy (non-hydrogen) atoms. The number of fused-ring (bicyclic) bond motifs is 1. The molecule has 0 unspecified atom stereocenters. The Morgan fingerprint density at radius 2 is 1.83 bits per heavy atom. The minimum Gasteiger partial charge on any atom is -0.436 e. The number of carbonyl (C=O) groups is 1. The van der Waals surface area contributed by atoms with Gasteiger partial charge < -0.3 is 9.73 Å². The van der Waals surface area contributed by atoms with E-state index in [2.05, 4.69) is 10.3 Å². The molecular weight excluding hydrogens is 393 g/mol. The standard InChI is InChI=1S/C23H17F3N2O2/c1-14-8-9-20-19(10-14)28-22(30-20)16-5-3-7-18(13-16)27-21(29)12-15-4-2-6-17(11-15)23(24,25)26/h2-11,13H,12H2,1H3,(H,27,29). The lowest BCUT2D eigenvalue weighted by atomic mass is 10.1. The maximum absolute atomic E-state index is 12.8. The molecule has 7 heteroatoms. The second-order valence-electron chi connectivity index (χ2n) is 6.99. The molecule has 0 bridgehead atoms. The fourth-order valence-electron chi connectivity index (χ4n) is 3.14. The number of aryl methyl sites for hydroxylation is 1. The van der Waals surface area contributed by atoms with E-state index in [1.54, 1.807) is 24.3 Å². The molecule has 1 aromatic heterocycles. The van der Waals surface area contributed by atoms with Crippen LogP contribution in [-0.4, -0.2) is 10.9 Å². The fourth-order valence-corrected chi connectivity index (χ4v) is 3.14. The van der Waals surface area contributed by atoms with Crippen molar-refractivity contribution in [3.8, 4) is 11.5 Å². The van der Waals surface area contributed by atoms with Crippen LogP contribution >= 0.6 is 0 Å². The molecule has 0 saturated heterocycles. The largest absolute Gasteiger partial charge is 0.436 e. The third-order valence-corrected chi connectivity index (χ3v) is 4.56. The van der Waals surface area contributed by atoms with E-state index < -0.39 is 17.6 Å². The zero-order valence-corrected chi connectivity index (χ0v) is 16.0. The molecule has 1 amide bonds. The number of carbonyl (C=O) groups excluding carboxylic acids is 1. The van der Waals surface area contributed by atoms with E-state index in [9.17, 15) is 18.0 Å². The van der Waals surface area contributed by atoms with Crippen molar-refractivity contribution < 1.29 is 22.4 Å². The minimum atomic E-state index is -4.45. The summed E-state index contributed by atoms with van der Waals surface area (Å²) in [4.78, 5) is 16.8. The second kappa shape index (κ2) is 7.67.